The number of hydrogen-bond donors (Lipinski definition) is 2. The summed E-state index contributed by atoms with van der Waals surface area (Å²) in [6.07, 6.45) is 0.774. The molecular formula is C10H20N2O3. The van der Waals surface area contributed by atoms with Crippen molar-refractivity contribution in [1.82, 2.24) is 10.2 Å². The van der Waals surface area contributed by atoms with Crippen LogP contribution in [0.4, 0.5) is 0 Å². The monoisotopic (exact) mass is 216 g/mol. The first-order valence-electron chi connectivity index (χ1n) is 5.07. The number of likely N-dealkylation sites (N-methyl/N-ethyl adjacent to an activating group) is 1. The van der Waals surface area contributed by atoms with Crippen LogP contribution >= 0.6 is 0 Å². The van der Waals surface area contributed by atoms with Crippen LogP contribution in [0.2, 0.25) is 0 Å². The van der Waals surface area contributed by atoms with Crippen LogP contribution in [0, 0.1) is 0 Å². The molecule has 0 fully saturated rings. The SMILES string of the molecule is CCC(CC)(NC(=O)CN(C)C)C(=O)O. The summed E-state index contributed by atoms with van der Waals surface area (Å²) in [5.74, 6) is -1.23. The van der Waals surface area contributed by atoms with E-state index in [1.165, 1.54) is 0 Å². The fraction of sp³-hybridized carbons (Fsp3) is 0.800. The van der Waals surface area contributed by atoms with Gasteiger partial charge in [-0.3, -0.25) is 4.79 Å². The molecule has 88 valence electrons. The largest absolute Gasteiger partial charge is 0.480 e. The second-order valence-electron chi connectivity index (χ2n) is 3.88. The van der Waals surface area contributed by atoms with Crippen LogP contribution in [0.5, 0.6) is 0 Å². The number of rotatable bonds is 6. The van der Waals surface area contributed by atoms with E-state index in [1.54, 1.807) is 32.8 Å². The number of carboxylic acids is 1. The van der Waals surface area contributed by atoms with Gasteiger partial charge in [-0.25, -0.2) is 4.79 Å². The first-order valence-corrected chi connectivity index (χ1v) is 5.07. The molecule has 0 aromatic rings. The van der Waals surface area contributed by atoms with Crippen molar-refractivity contribution in [2.45, 2.75) is 32.2 Å². The molecule has 0 heterocycles. The van der Waals surface area contributed by atoms with Crippen molar-refractivity contribution in [3.63, 3.8) is 0 Å². The molecule has 2 N–H and O–H groups in total. The third-order valence-electron chi connectivity index (χ3n) is 2.46. The van der Waals surface area contributed by atoms with Gasteiger partial charge in [0.25, 0.3) is 0 Å². The summed E-state index contributed by atoms with van der Waals surface area (Å²) in [6.45, 7) is 3.72. The normalized spacial score (nSPS) is 11.5. The van der Waals surface area contributed by atoms with E-state index >= 15 is 0 Å². The van der Waals surface area contributed by atoms with Crippen molar-refractivity contribution in [3.05, 3.63) is 0 Å². The van der Waals surface area contributed by atoms with E-state index in [0.29, 0.717) is 12.8 Å². The highest BCUT2D eigenvalue weighted by Gasteiger charge is 2.36. The average molecular weight is 216 g/mol. The smallest absolute Gasteiger partial charge is 0.329 e. The van der Waals surface area contributed by atoms with Gasteiger partial charge >= 0.3 is 5.97 Å². The van der Waals surface area contributed by atoms with Crippen LogP contribution in [0.15, 0.2) is 0 Å². The fourth-order valence-corrected chi connectivity index (χ4v) is 1.38. The summed E-state index contributed by atoms with van der Waals surface area (Å²) in [5.41, 5.74) is -1.12. The molecule has 1 amide bonds. The number of carboxylic acid groups (broad SMARTS) is 1. The Labute approximate surface area is 90.5 Å². The van der Waals surface area contributed by atoms with Crippen molar-refractivity contribution >= 4 is 11.9 Å². The highest BCUT2D eigenvalue weighted by Crippen LogP contribution is 2.15. The number of nitrogens with one attached hydrogen (secondary N) is 1. The highest BCUT2D eigenvalue weighted by atomic mass is 16.4. The van der Waals surface area contributed by atoms with E-state index in [9.17, 15) is 9.59 Å². The predicted octanol–water partition coefficient (Wildman–Crippen LogP) is 0.308. The maximum Gasteiger partial charge on any atom is 0.329 e. The minimum Gasteiger partial charge on any atom is -0.480 e. The molecule has 0 saturated heterocycles. The number of hydrogen-bond acceptors (Lipinski definition) is 3. The van der Waals surface area contributed by atoms with Crippen molar-refractivity contribution < 1.29 is 14.7 Å². The van der Waals surface area contributed by atoms with Gasteiger partial charge in [0.15, 0.2) is 0 Å². The van der Waals surface area contributed by atoms with Gasteiger partial charge in [-0.05, 0) is 26.9 Å². The van der Waals surface area contributed by atoms with Gasteiger partial charge in [-0.1, -0.05) is 13.8 Å². The van der Waals surface area contributed by atoms with Crippen LogP contribution in [-0.2, 0) is 9.59 Å². The Balaban J connectivity index is 4.54. The summed E-state index contributed by atoms with van der Waals surface area (Å²) in [5, 5.41) is 11.7. The first-order chi connectivity index (χ1) is 6.88. The lowest BCUT2D eigenvalue weighted by molar-refractivity contribution is -0.148. The highest BCUT2D eigenvalue weighted by molar-refractivity contribution is 5.87. The Hall–Kier alpha value is -1.10. The average Bonchev–Trinajstić information content (AvgIpc) is 2.12. The van der Waals surface area contributed by atoms with Crippen LogP contribution in [0.1, 0.15) is 26.7 Å². The molecule has 0 bridgehead atoms. The maximum atomic E-state index is 11.5. The molecule has 0 spiro atoms. The molecule has 5 heteroatoms. The number of nitrogens with zero attached hydrogens (tertiary/aromatic N) is 1. The van der Waals surface area contributed by atoms with E-state index in [-0.39, 0.29) is 12.5 Å². The van der Waals surface area contributed by atoms with Crippen molar-refractivity contribution in [3.8, 4) is 0 Å². The second kappa shape index (κ2) is 5.70. The zero-order valence-corrected chi connectivity index (χ0v) is 9.83. The molecule has 0 saturated carbocycles. The van der Waals surface area contributed by atoms with Crippen LogP contribution in [-0.4, -0.2) is 48.1 Å². The Kier molecular flexibility index (Phi) is 5.28. The number of carbonyl (C=O) groups is 2. The van der Waals surface area contributed by atoms with Gasteiger partial charge in [-0.2, -0.15) is 0 Å². The third kappa shape index (κ3) is 3.87. The second-order valence-corrected chi connectivity index (χ2v) is 3.88. The summed E-state index contributed by atoms with van der Waals surface area (Å²) < 4.78 is 0. The Morgan fingerprint density at radius 2 is 1.73 bits per heavy atom. The molecular weight excluding hydrogens is 196 g/mol. The predicted molar refractivity (Wildman–Crippen MR) is 57.6 cm³/mol. The summed E-state index contributed by atoms with van der Waals surface area (Å²) in [6, 6.07) is 0. The summed E-state index contributed by atoms with van der Waals surface area (Å²) in [4.78, 5) is 24.3. The molecule has 0 unspecified atom stereocenters. The molecule has 0 aliphatic carbocycles. The van der Waals surface area contributed by atoms with Crippen LogP contribution in [0.25, 0.3) is 0 Å². The van der Waals surface area contributed by atoms with E-state index in [1.807, 2.05) is 0 Å². The quantitative estimate of drug-likeness (QED) is 0.670. The van der Waals surface area contributed by atoms with Gasteiger partial charge in [0.1, 0.15) is 5.54 Å². The van der Waals surface area contributed by atoms with Crippen molar-refractivity contribution in [1.29, 1.82) is 0 Å². The molecule has 0 radical (unpaired) electrons. The van der Waals surface area contributed by atoms with Gasteiger partial charge in [-0.15, -0.1) is 0 Å². The molecule has 0 aliphatic rings. The molecule has 0 rings (SSSR count). The maximum absolute atomic E-state index is 11.5. The van der Waals surface area contributed by atoms with E-state index in [0.717, 1.165) is 0 Å². The van der Waals surface area contributed by atoms with E-state index < -0.39 is 11.5 Å². The van der Waals surface area contributed by atoms with Gasteiger partial charge in [0.2, 0.25) is 5.91 Å². The molecule has 0 aliphatic heterocycles. The van der Waals surface area contributed by atoms with Crippen molar-refractivity contribution in [2.75, 3.05) is 20.6 Å². The number of amides is 1. The Bertz CT molecular complexity index is 235. The summed E-state index contributed by atoms with van der Waals surface area (Å²) in [7, 11) is 3.53. The molecule has 0 aromatic carbocycles. The number of carbonyl (C=O) groups excluding carboxylic acids is 1. The Morgan fingerprint density at radius 3 is 2.00 bits per heavy atom. The summed E-state index contributed by atoms with van der Waals surface area (Å²) >= 11 is 0. The van der Waals surface area contributed by atoms with Crippen LogP contribution in [0.3, 0.4) is 0 Å². The van der Waals surface area contributed by atoms with Gasteiger partial charge in [0, 0.05) is 0 Å². The molecule has 15 heavy (non-hydrogen) atoms. The molecule has 0 aromatic heterocycles. The first kappa shape index (κ1) is 13.9. The lowest BCUT2D eigenvalue weighted by Gasteiger charge is -2.28. The zero-order valence-electron chi connectivity index (χ0n) is 9.83. The molecule has 5 nitrogen and oxygen atoms in total. The van der Waals surface area contributed by atoms with Gasteiger partial charge in [0.05, 0.1) is 6.54 Å². The topological polar surface area (TPSA) is 69.6 Å². The molecule has 0 atom stereocenters. The third-order valence-corrected chi connectivity index (χ3v) is 2.46. The van der Waals surface area contributed by atoms with Gasteiger partial charge < -0.3 is 15.3 Å². The van der Waals surface area contributed by atoms with E-state index in [2.05, 4.69) is 5.32 Å². The number of aliphatic carboxylic acids is 1. The zero-order chi connectivity index (χ0) is 12.1. The van der Waals surface area contributed by atoms with Crippen molar-refractivity contribution in [2.24, 2.45) is 0 Å². The fourth-order valence-electron chi connectivity index (χ4n) is 1.38. The lowest BCUT2D eigenvalue weighted by atomic mass is 9.93. The van der Waals surface area contributed by atoms with Crippen LogP contribution < -0.4 is 5.32 Å². The minimum atomic E-state index is -1.12. The minimum absolute atomic E-state index is 0.203. The van der Waals surface area contributed by atoms with E-state index in [4.69, 9.17) is 5.11 Å². The Morgan fingerprint density at radius 1 is 1.27 bits per heavy atom. The standard InChI is InChI=1S/C10H20N2O3/c1-5-10(6-2,9(14)15)11-8(13)7-12(3)4/h5-7H2,1-4H3,(H,11,13)(H,14,15). The lowest BCUT2D eigenvalue weighted by Crippen LogP contribution is -2.55.